The summed E-state index contributed by atoms with van der Waals surface area (Å²) < 4.78 is 40.2. The average Bonchev–Trinajstić information content (AvgIpc) is 3.43. The number of hydrogen-bond donors (Lipinski definition) is 2. The van der Waals surface area contributed by atoms with E-state index in [-0.39, 0.29) is 5.56 Å². The fourth-order valence-corrected chi connectivity index (χ4v) is 2.93. The number of alkyl halides is 3. The molecular weight excluding hydrogens is 381 g/mol. The zero-order valence-electron chi connectivity index (χ0n) is 15.2. The van der Waals surface area contributed by atoms with Crippen LogP contribution in [-0.2, 0) is 4.79 Å². The van der Waals surface area contributed by atoms with Crippen LogP contribution in [0.4, 0.5) is 18.9 Å². The Balaban J connectivity index is 1.55. The van der Waals surface area contributed by atoms with Crippen molar-refractivity contribution in [3.63, 3.8) is 0 Å². The first-order valence-electron chi connectivity index (χ1n) is 9.08. The number of nitrogens with zero attached hydrogens (tertiary/aromatic N) is 2. The van der Waals surface area contributed by atoms with Crippen LogP contribution in [-0.4, -0.2) is 27.3 Å². The number of carbonyl (C=O) groups is 1. The molecule has 0 atom stereocenters. The van der Waals surface area contributed by atoms with Gasteiger partial charge in [0.05, 0.1) is 5.57 Å². The Hall–Kier alpha value is -3.42. The van der Waals surface area contributed by atoms with Crippen molar-refractivity contribution < 1.29 is 18.0 Å². The van der Waals surface area contributed by atoms with E-state index in [0.29, 0.717) is 29.1 Å². The summed E-state index contributed by atoms with van der Waals surface area (Å²) in [6.07, 6.45) is -1.92. The third kappa shape index (κ3) is 4.53. The van der Waals surface area contributed by atoms with Crippen molar-refractivity contribution in [3.05, 3.63) is 72.1 Å². The highest BCUT2D eigenvalue weighted by atomic mass is 19.4. The van der Waals surface area contributed by atoms with E-state index in [0.717, 1.165) is 18.7 Å². The van der Waals surface area contributed by atoms with Crippen molar-refractivity contribution in [3.8, 4) is 11.4 Å². The Morgan fingerprint density at radius 2 is 1.86 bits per heavy atom. The van der Waals surface area contributed by atoms with E-state index in [1.54, 1.807) is 30.3 Å². The normalized spacial score (nSPS) is 14.7. The summed E-state index contributed by atoms with van der Waals surface area (Å²) in [7, 11) is 0. The minimum Gasteiger partial charge on any atom is -0.322 e. The zero-order chi connectivity index (χ0) is 20.4. The summed E-state index contributed by atoms with van der Waals surface area (Å²) in [6, 6.07) is 13.9. The summed E-state index contributed by atoms with van der Waals surface area (Å²) >= 11 is 0. The van der Waals surface area contributed by atoms with Gasteiger partial charge in [-0.05, 0) is 30.5 Å². The summed E-state index contributed by atoms with van der Waals surface area (Å²) in [5.41, 5.74) is -0.0582. The van der Waals surface area contributed by atoms with Crippen LogP contribution in [0.15, 0.2) is 60.7 Å². The van der Waals surface area contributed by atoms with Gasteiger partial charge in [-0.2, -0.15) is 18.3 Å². The fraction of sp³-hybridized carbons (Fsp3) is 0.190. The molecule has 0 radical (unpaired) electrons. The molecule has 4 rings (SSSR count). The van der Waals surface area contributed by atoms with Gasteiger partial charge >= 0.3 is 6.18 Å². The molecule has 8 heteroatoms. The maximum absolute atomic E-state index is 13.4. The SMILES string of the molecule is O=C(/C=C(\c1ccccc1)C(F)(F)F)Nc1cccc(-c2n[nH]c(C3CC3)n2)c1. The predicted molar refractivity (Wildman–Crippen MR) is 103 cm³/mol. The molecular formula is C21H17F3N4O. The number of amides is 1. The van der Waals surface area contributed by atoms with Crippen LogP contribution in [0.2, 0.25) is 0 Å². The molecule has 148 valence electrons. The van der Waals surface area contributed by atoms with E-state index >= 15 is 0 Å². The lowest BCUT2D eigenvalue weighted by atomic mass is 10.1. The van der Waals surface area contributed by atoms with Gasteiger partial charge in [0.1, 0.15) is 5.82 Å². The molecule has 5 nitrogen and oxygen atoms in total. The van der Waals surface area contributed by atoms with Crippen molar-refractivity contribution in [2.75, 3.05) is 5.32 Å². The molecule has 0 bridgehead atoms. The van der Waals surface area contributed by atoms with Crippen molar-refractivity contribution >= 4 is 17.2 Å². The van der Waals surface area contributed by atoms with Crippen molar-refractivity contribution in [2.24, 2.45) is 0 Å². The summed E-state index contributed by atoms with van der Waals surface area (Å²) in [4.78, 5) is 16.7. The maximum atomic E-state index is 13.4. The molecule has 2 aromatic carbocycles. The lowest BCUT2D eigenvalue weighted by Crippen LogP contribution is -2.16. The van der Waals surface area contributed by atoms with Crippen LogP contribution in [0, 0.1) is 0 Å². The molecule has 1 fully saturated rings. The molecule has 1 saturated carbocycles. The molecule has 2 N–H and O–H groups in total. The molecule has 1 aromatic heterocycles. The molecule has 1 aliphatic carbocycles. The third-order valence-corrected chi connectivity index (χ3v) is 4.52. The second-order valence-electron chi connectivity index (χ2n) is 6.81. The summed E-state index contributed by atoms with van der Waals surface area (Å²) in [5, 5.41) is 9.57. The molecule has 0 saturated heterocycles. The van der Waals surface area contributed by atoms with E-state index in [4.69, 9.17) is 0 Å². The number of H-pyrrole nitrogens is 1. The number of allylic oxidation sites excluding steroid dienone is 1. The number of hydrogen-bond acceptors (Lipinski definition) is 3. The van der Waals surface area contributed by atoms with Crippen molar-refractivity contribution in [1.29, 1.82) is 0 Å². The van der Waals surface area contributed by atoms with E-state index in [1.165, 1.54) is 24.3 Å². The maximum Gasteiger partial charge on any atom is 0.417 e. The number of nitrogens with one attached hydrogen (secondary N) is 2. The van der Waals surface area contributed by atoms with Gasteiger partial charge in [0.25, 0.3) is 0 Å². The highest BCUT2D eigenvalue weighted by Crippen LogP contribution is 2.38. The van der Waals surface area contributed by atoms with Crippen LogP contribution in [0.3, 0.4) is 0 Å². The van der Waals surface area contributed by atoms with E-state index in [1.807, 2.05) is 0 Å². The zero-order valence-corrected chi connectivity index (χ0v) is 15.2. The van der Waals surface area contributed by atoms with Crippen molar-refractivity contribution in [1.82, 2.24) is 15.2 Å². The van der Waals surface area contributed by atoms with Crippen molar-refractivity contribution in [2.45, 2.75) is 24.9 Å². The van der Waals surface area contributed by atoms with Gasteiger partial charge in [0.15, 0.2) is 5.82 Å². The summed E-state index contributed by atoms with van der Waals surface area (Å²) in [5.74, 6) is 0.865. The first-order chi connectivity index (χ1) is 13.9. The number of aromatic amines is 1. The third-order valence-electron chi connectivity index (χ3n) is 4.52. The van der Waals surface area contributed by atoms with E-state index in [9.17, 15) is 18.0 Å². The Kier molecular flexibility index (Phi) is 4.92. The molecule has 1 amide bonds. The number of benzene rings is 2. The Labute approximate surface area is 164 Å². The topological polar surface area (TPSA) is 70.7 Å². The largest absolute Gasteiger partial charge is 0.417 e. The summed E-state index contributed by atoms with van der Waals surface area (Å²) in [6.45, 7) is 0. The van der Waals surface area contributed by atoms with Gasteiger partial charge in [-0.25, -0.2) is 4.98 Å². The van der Waals surface area contributed by atoms with Gasteiger partial charge in [0.2, 0.25) is 5.91 Å². The molecule has 0 unspecified atom stereocenters. The lowest BCUT2D eigenvalue weighted by Gasteiger charge is -2.12. The van der Waals surface area contributed by atoms with E-state index < -0.39 is 17.7 Å². The van der Waals surface area contributed by atoms with Crippen LogP contribution in [0.25, 0.3) is 17.0 Å². The van der Waals surface area contributed by atoms with Gasteiger partial charge in [-0.1, -0.05) is 42.5 Å². The average molecular weight is 398 g/mol. The Morgan fingerprint density at radius 1 is 1.10 bits per heavy atom. The Morgan fingerprint density at radius 3 is 2.55 bits per heavy atom. The van der Waals surface area contributed by atoms with Gasteiger partial charge in [-0.3, -0.25) is 9.89 Å². The monoisotopic (exact) mass is 398 g/mol. The molecule has 0 spiro atoms. The number of anilines is 1. The Bertz CT molecular complexity index is 1050. The van der Waals surface area contributed by atoms with Gasteiger partial charge in [0, 0.05) is 23.2 Å². The number of aromatic nitrogens is 3. The minimum atomic E-state index is -4.65. The quantitative estimate of drug-likeness (QED) is 0.599. The first kappa shape index (κ1) is 18.9. The molecule has 29 heavy (non-hydrogen) atoms. The predicted octanol–water partition coefficient (Wildman–Crippen LogP) is 4.93. The first-order valence-corrected chi connectivity index (χ1v) is 9.08. The number of carbonyl (C=O) groups excluding carboxylic acids is 1. The number of halogens is 3. The van der Waals surface area contributed by atoms with Crippen LogP contribution in [0.1, 0.15) is 30.1 Å². The van der Waals surface area contributed by atoms with Crippen LogP contribution >= 0.6 is 0 Å². The standard InChI is InChI=1S/C21H17F3N4O/c22-21(23,24)17(13-5-2-1-3-6-13)12-18(29)25-16-8-4-7-15(11-16)20-26-19(27-28-20)14-9-10-14/h1-8,11-12,14H,9-10H2,(H,25,29)(H,26,27,28)/b17-12+. The van der Waals surface area contributed by atoms with Crippen LogP contribution < -0.4 is 5.32 Å². The number of rotatable bonds is 5. The minimum absolute atomic E-state index is 0.0720. The fourth-order valence-electron chi connectivity index (χ4n) is 2.93. The molecule has 3 aromatic rings. The van der Waals surface area contributed by atoms with Gasteiger partial charge in [-0.15, -0.1) is 0 Å². The molecule has 0 aliphatic heterocycles. The van der Waals surface area contributed by atoms with Gasteiger partial charge < -0.3 is 5.32 Å². The smallest absolute Gasteiger partial charge is 0.322 e. The highest BCUT2D eigenvalue weighted by Gasteiger charge is 2.35. The highest BCUT2D eigenvalue weighted by molar-refractivity contribution is 6.04. The molecule has 1 aliphatic rings. The van der Waals surface area contributed by atoms with Crippen LogP contribution in [0.5, 0.6) is 0 Å². The van der Waals surface area contributed by atoms with E-state index in [2.05, 4.69) is 20.5 Å². The molecule has 1 heterocycles. The second kappa shape index (κ2) is 7.54. The lowest BCUT2D eigenvalue weighted by molar-refractivity contribution is -0.112. The second-order valence-corrected chi connectivity index (χ2v) is 6.81.